The molecule has 9 heteroatoms. The van der Waals surface area contributed by atoms with Gasteiger partial charge in [-0.2, -0.15) is 0 Å². The lowest BCUT2D eigenvalue weighted by atomic mass is 10.3. The van der Waals surface area contributed by atoms with Gasteiger partial charge in [-0.25, -0.2) is 15.0 Å². The summed E-state index contributed by atoms with van der Waals surface area (Å²) in [5, 5.41) is 0. The number of aryl methyl sites for hydroxylation is 3. The fourth-order valence-electron chi connectivity index (χ4n) is 2.14. The first-order chi connectivity index (χ1) is 9.67. The molecular formula is C12H19N4O4P. The molecule has 0 spiro atoms. The molecule has 2 N–H and O–H groups in total. The monoisotopic (exact) mass is 314 g/mol. The number of nitrogens with zero attached hydrogens (tertiary/aromatic N) is 4. The Morgan fingerprint density at radius 2 is 1.90 bits per heavy atom. The van der Waals surface area contributed by atoms with Crippen molar-refractivity contribution in [3.8, 4) is 0 Å². The molecule has 1 atom stereocenters. The number of hydrogen-bond acceptors (Lipinski definition) is 5. The van der Waals surface area contributed by atoms with E-state index >= 15 is 0 Å². The zero-order valence-corrected chi connectivity index (χ0v) is 13.3. The molecule has 0 aliphatic rings. The zero-order valence-electron chi connectivity index (χ0n) is 12.4. The molecule has 0 fully saturated rings. The molecule has 2 heterocycles. The highest BCUT2D eigenvalue weighted by atomic mass is 31.2. The molecule has 0 aliphatic heterocycles. The van der Waals surface area contributed by atoms with Crippen LogP contribution in [0.3, 0.4) is 0 Å². The molecule has 0 unspecified atom stereocenters. The van der Waals surface area contributed by atoms with Crippen LogP contribution in [0.2, 0.25) is 0 Å². The maximum Gasteiger partial charge on any atom is 0.350 e. The lowest BCUT2D eigenvalue weighted by molar-refractivity contribution is 0.0760. The van der Waals surface area contributed by atoms with Gasteiger partial charge in [-0.3, -0.25) is 4.57 Å². The molecule has 0 bridgehead atoms. The minimum Gasteiger partial charge on any atom is -0.364 e. The lowest BCUT2D eigenvalue weighted by Gasteiger charge is -2.15. The summed E-state index contributed by atoms with van der Waals surface area (Å²) in [6.45, 7) is 7.71. The van der Waals surface area contributed by atoms with E-state index in [4.69, 9.17) is 14.5 Å². The van der Waals surface area contributed by atoms with Crippen LogP contribution in [0.25, 0.3) is 11.2 Å². The van der Waals surface area contributed by atoms with Crippen LogP contribution in [0.15, 0.2) is 0 Å². The Kier molecular flexibility index (Phi) is 4.43. The summed E-state index contributed by atoms with van der Waals surface area (Å²) in [5.41, 5.74) is 2.26. The van der Waals surface area contributed by atoms with Gasteiger partial charge in [-0.1, -0.05) is 0 Å². The van der Waals surface area contributed by atoms with Crippen molar-refractivity contribution in [1.29, 1.82) is 0 Å². The van der Waals surface area contributed by atoms with Crippen LogP contribution in [0.5, 0.6) is 0 Å². The van der Waals surface area contributed by atoms with E-state index in [9.17, 15) is 4.57 Å². The van der Waals surface area contributed by atoms with Gasteiger partial charge in [-0.05, 0) is 27.7 Å². The van der Waals surface area contributed by atoms with Gasteiger partial charge in [0.15, 0.2) is 5.65 Å². The van der Waals surface area contributed by atoms with Crippen molar-refractivity contribution in [2.45, 2.75) is 40.3 Å². The Morgan fingerprint density at radius 1 is 1.24 bits per heavy atom. The van der Waals surface area contributed by atoms with Crippen LogP contribution < -0.4 is 0 Å². The number of fused-ring (bicyclic) bond motifs is 1. The van der Waals surface area contributed by atoms with Crippen molar-refractivity contribution in [3.05, 3.63) is 17.3 Å². The summed E-state index contributed by atoms with van der Waals surface area (Å²) in [5.74, 6) is 1.42. The largest absolute Gasteiger partial charge is 0.364 e. The number of aromatic nitrogens is 4. The van der Waals surface area contributed by atoms with Gasteiger partial charge in [0.25, 0.3) is 0 Å². The maximum absolute atomic E-state index is 10.8. The normalized spacial score (nSPS) is 13.8. The predicted octanol–water partition coefficient (Wildman–Crippen LogP) is 1.29. The van der Waals surface area contributed by atoms with Crippen LogP contribution in [0.4, 0.5) is 0 Å². The average Bonchev–Trinajstić information content (AvgIpc) is 2.64. The van der Waals surface area contributed by atoms with E-state index in [-0.39, 0.29) is 6.10 Å². The van der Waals surface area contributed by atoms with Gasteiger partial charge in [0.1, 0.15) is 23.5 Å². The third-order valence-electron chi connectivity index (χ3n) is 3.04. The number of hydrogen-bond donors (Lipinski definition) is 2. The van der Waals surface area contributed by atoms with Crippen molar-refractivity contribution in [2.24, 2.45) is 0 Å². The molecule has 2 aromatic rings. The van der Waals surface area contributed by atoms with Crippen molar-refractivity contribution >= 4 is 18.8 Å². The lowest BCUT2D eigenvalue weighted by Crippen LogP contribution is -2.18. The number of rotatable bonds is 5. The maximum atomic E-state index is 10.8. The average molecular weight is 314 g/mol. The van der Waals surface area contributed by atoms with E-state index in [2.05, 4.69) is 15.0 Å². The molecule has 0 saturated heterocycles. The first-order valence-electron chi connectivity index (χ1n) is 6.51. The topological polar surface area (TPSA) is 110 Å². The smallest absolute Gasteiger partial charge is 0.350 e. The summed E-state index contributed by atoms with van der Waals surface area (Å²) in [7, 11) is -4.16. The molecule has 8 nitrogen and oxygen atoms in total. The Morgan fingerprint density at radius 3 is 2.52 bits per heavy atom. The van der Waals surface area contributed by atoms with Crippen molar-refractivity contribution in [1.82, 2.24) is 19.5 Å². The van der Waals surface area contributed by atoms with E-state index in [1.807, 2.05) is 25.3 Å². The van der Waals surface area contributed by atoms with Crippen molar-refractivity contribution < 1.29 is 19.1 Å². The SMILES string of the molecule is Cc1nc(C)c2nc(C)n(C[C@@H](C)OCP(=O)(O)O)c2n1. The summed E-state index contributed by atoms with van der Waals surface area (Å²) >= 11 is 0. The molecule has 0 aromatic carbocycles. The van der Waals surface area contributed by atoms with Gasteiger partial charge >= 0.3 is 7.60 Å². The summed E-state index contributed by atoms with van der Waals surface area (Å²) < 4.78 is 17.9. The van der Waals surface area contributed by atoms with E-state index in [0.29, 0.717) is 18.0 Å². The highest BCUT2D eigenvalue weighted by Gasteiger charge is 2.18. The first-order valence-corrected chi connectivity index (χ1v) is 8.31. The van der Waals surface area contributed by atoms with Gasteiger partial charge in [0, 0.05) is 0 Å². The third-order valence-corrected chi connectivity index (χ3v) is 3.52. The van der Waals surface area contributed by atoms with Crippen LogP contribution >= 0.6 is 7.60 Å². The zero-order chi connectivity index (χ0) is 15.8. The van der Waals surface area contributed by atoms with Crippen molar-refractivity contribution in [2.75, 3.05) is 6.35 Å². The number of imidazole rings is 1. The minimum atomic E-state index is -4.16. The minimum absolute atomic E-state index is 0.371. The second-order valence-electron chi connectivity index (χ2n) is 5.07. The summed E-state index contributed by atoms with van der Waals surface area (Å²) in [4.78, 5) is 30.8. The summed E-state index contributed by atoms with van der Waals surface area (Å²) in [6.07, 6.45) is -0.961. The highest BCUT2D eigenvalue weighted by Crippen LogP contribution is 2.34. The van der Waals surface area contributed by atoms with E-state index < -0.39 is 13.9 Å². The number of ether oxygens (including phenoxy) is 1. The fourth-order valence-corrected chi connectivity index (χ4v) is 2.58. The summed E-state index contributed by atoms with van der Waals surface area (Å²) in [6, 6.07) is 0. The highest BCUT2D eigenvalue weighted by molar-refractivity contribution is 7.51. The van der Waals surface area contributed by atoms with Crippen LogP contribution in [0.1, 0.15) is 24.3 Å². The molecule has 21 heavy (non-hydrogen) atoms. The molecule has 2 aromatic heterocycles. The van der Waals surface area contributed by atoms with Crippen LogP contribution in [0, 0.1) is 20.8 Å². The van der Waals surface area contributed by atoms with Gasteiger partial charge in [0.05, 0.1) is 18.3 Å². The van der Waals surface area contributed by atoms with E-state index in [1.54, 1.807) is 6.92 Å². The molecule has 0 aliphatic carbocycles. The molecule has 0 saturated carbocycles. The van der Waals surface area contributed by atoms with Gasteiger partial charge in [-0.15, -0.1) is 0 Å². The van der Waals surface area contributed by atoms with Gasteiger partial charge < -0.3 is 19.1 Å². The van der Waals surface area contributed by atoms with E-state index in [0.717, 1.165) is 17.0 Å². The third kappa shape index (κ3) is 3.85. The van der Waals surface area contributed by atoms with Crippen molar-refractivity contribution in [3.63, 3.8) is 0 Å². The second kappa shape index (κ2) is 5.81. The molecule has 0 amide bonds. The Bertz CT molecular complexity index is 709. The first kappa shape index (κ1) is 16.0. The molecule has 0 radical (unpaired) electrons. The molecule has 116 valence electrons. The van der Waals surface area contributed by atoms with Crippen LogP contribution in [-0.4, -0.2) is 41.8 Å². The fraction of sp³-hybridized carbons (Fsp3) is 0.583. The Hall–Kier alpha value is -1.34. The van der Waals surface area contributed by atoms with Crippen LogP contribution in [-0.2, 0) is 15.8 Å². The Labute approximate surface area is 122 Å². The second-order valence-corrected chi connectivity index (χ2v) is 6.66. The van der Waals surface area contributed by atoms with E-state index in [1.165, 1.54) is 0 Å². The quantitative estimate of drug-likeness (QED) is 0.800. The molecular weight excluding hydrogens is 295 g/mol. The molecule has 2 rings (SSSR count). The van der Waals surface area contributed by atoms with Gasteiger partial charge in [0.2, 0.25) is 0 Å². The Balaban J connectivity index is 2.26. The standard InChI is InChI=1S/C12H19N4O4P/c1-7(20-6-21(17,18)19)5-16-10(4)15-11-8(2)13-9(3)14-12(11)16/h7H,5-6H2,1-4H3,(H2,17,18,19)/t7-/m1/s1. The predicted molar refractivity (Wildman–Crippen MR) is 77.0 cm³/mol.